The summed E-state index contributed by atoms with van der Waals surface area (Å²) in [5.41, 5.74) is 3.83. The van der Waals surface area contributed by atoms with Crippen molar-refractivity contribution in [2.75, 3.05) is 11.9 Å². The van der Waals surface area contributed by atoms with E-state index in [9.17, 15) is 4.79 Å². The Balaban J connectivity index is 1.58. The van der Waals surface area contributed by atoms with Crippen LogP contribution in [0.15, 0.2) is 45.7 Å². The van der Waals surface area contributed by atoms with E-state index in [1.54, 1.807) is 15.6 Å². The van der Waals surface area contributed by atoms with Crippen LogP contribution in [0.2, 0.25) is 0 Å². The number of hydrogen-bond donors (Lipinski definition) is 2. The highest BCUT2D eigenvalue weighted by Crippen LogP contribution is 2.27. The van der Waals surface area contributed by atoms with Crippen LogP contribution in [0, 0.1) is 0 Å². The third kappa shape index (κ3) is 3.50. The lowest BCUT2D eigenvalue weighted by atomic mass is 9.94. The van der Waals surface area contributed by atoms with Crippen molar-refractivity contribution >= 4 is 22.7 Å². The Morgan fingerprint density at radius 2 is 2.03 bits per heavy atom. The summed E-state index contributed by atoms with van der Waals surface area (Å²) < 4.78 is 9.51. The van der Waals surface area contributed by atoms with Gasteiger partial charge >= 0.3 is 0 Å². The van der Waals surface area contributed by atoms with Crippen molar-refractivity contribution in [3.8, 4) is 5.88 Å². The quantitative estimate of drug-likeness (QED) is 0.509. The number of hydrogen-bond acceptors (Lipinski definition) is 6. The van der Waals surface area contributed by atoms with Crippen molar-refractivity contribution in [2.24, 2.45) is 0 Å². The van der Waals surface area contributed by atoms with Crippen LogP contribution >= 0.6 is 0 Å². The number of rotatable bonds is 4. The molecule has 0 fully saturated rings. The van der Waals surface area contributed by atoms with Crippen LogP contribution in [0.1, 0.15) is 44.6 Å². The predicted octanol–water partition coefficient (Wildman–Crippen LogP) is 3.88. The van der Waals surface area contributed by atoms with E-state index in [0.717, 1.165) is 31.0 Å². The molecule has 1 aliphatic rings. The van der Waals surface area contributed by atoms with E-state index >= 15 is 0 Å². The molecule has 1 aromatic carbocycles. The van der Waals surface area contributed by atoms with Crippen molar-refractivity contribution in [1.82, 2.24) is 24.6 Å². The minimum Gasteiger partial charge on any atom is -0.443 e. The molecule has 0 spiro atoms. The average molecular weight is 433 g/mol. The molecule has 0 bridgehead atoms. The Morgan fingerprint density at radius 1 is 1.19 bits per heavy atom. The molecule has 32 heavy (non-hydrogen) atoms. The zero-order chi connectivity index (χ0) is 22.5. The summed E-state index contributed by atoms with van der Waals surface area (Å²) in [6, 6.07) is 10.1. The largest absolute Gasteiger partial charge is 0.443 e. The topological polar surface area (TPSA) is 89.9 Å². The summed E-state index contributed by atoms with van der Waals surface area (Å²) in [4.78, 5) is 22.1. The maximum absolute atomic E-state index is 13.0. The molecular formula is C24H28N6O2. The Hall–Kier alpha value is -3.39. The van der Waals surface area contributed by atoms with E-state index in [4.69, 9.17) is 9.40 Å². The summed E-state index contributed by atoms with van der Waals surface area (Å²) in [5.74, 6) is 1.85. The molecule has 0 radical (unpaired) electrons. The molecule has 0 saturated heterocycles. The number of benzene rings is 1. The Bertz CT molecular complexity index is 1360. The van der Waals surface area contributed by atoms with Gasteiger partial charge in [0.25, 0.3) is 5.56 Å². The van der Waals surface area contributed by atoms with Crippen LogP contribution in [-0.4, -0.2) is 25.9 Å². The fraction of sp³-hybridized carbons (Fsp3) is 0.375. The Kier molecular flexibility index (Phi) is 4.89. The first-order valence-corrected chi connectivity index (χ1v) is 11.0. The normalized spacial score (nSPS) is 14.0. The molecule has 1 aliphatic heterocycles. The van der Waals surface area contributed by atoms with Crippen LogP contribution in [0.3, 0.4) is 0 Å². The smallest absolute Gasteiger partial charge is 0.278 e. The maximum Gasteiger partial charge on any atom is 0.278 e. The summed E-state index contributed by atoms with van der Waals surface area (Å²) in [5, 5.41) is 7.15. The van der Waals surface area contributed by atoms with Crippen molar-refractivity contribution in [2.45, 2.75) is 52.6 Å². The molecule has 8 heteroatoms. The van der Waals surface area contributed by atoms with Crippen molar-refractivity contribution in [3.05, 3.63) is 63.8 Å². The molecule has 0 saturated carbocycles. The third-order valence-corrected chi connectivity index (χ3v) is 5.86. The van der Waals surface area contributed by atoms with Gasteiger partial charge in [0.1, 0.15) is 11.1 Å². The monoisotopic (exact) mass is 432 g/mol. The SMILES string of the molecule is CCn1c(=O)c2cnc(Nc3ccc4c(c3)CCNC4)nc2n1-c1ccc(C(C)(C)C)o1. The van der Waals surface area contributed by atoms with Gasteiger partial charge in [-0.15, -0.1) is 0 Å². The lowest BCUT2D eigenvalue weighted by Gasteiger charge is -2.18. The molecule has 0 unspecified atom stereocenters. The van der Waals surface area contributed by atoms with Crippen LogP contribution in [0.4, 0.5) is 11.6 Å². The first-order chi connectivity index (χ1) is 15.3. The molecule has 4 heterocycles. The maximum atomic E-state index is 13.0. The zero-order valence-electron chi connectivity index (χ0n) is 18.9. The van der Waals surface area contributed by atoms with Crippen LogP contribution < -0.4 is 16.2 Å². The molecule has 8 nitrogen and oxygen atoms in total. The lowest BCUT2D eigenvalue weighted by Crippen LogP contribution is -2.23. The van der Waals surface area contributed by atoms with E-state index in [1.165, 1.54) is 11.1 Å². The van der Waals surface area contributed by atoms with Crippen LogP contribution in [0.5, 0.6) is 0 Å². The van der Waals surface area contributed by atoms with E-state index in [2.05, 4.69) is 48.5 Å². The van der Waals surface area contributed by atoms with Gasteiger partial charge in [-0.25, -0.2) is 9.67 Å². The summed E-state index contributed by atoms with van der Waals surface area (Å²) >= 11 is 0. The molecule has 0 aliphatic carbocycles. The number of aromatic nitrogens is 4. The molecule has 5 rings (SSSR count). The van der Waals surface area contributed by atoms with Gasteiger partial charge in [0, 0.05) is 36.5 Å². The van der Waals surface area contributed by atoms with E-state index in [-0.39, 0.29) is 11.0 Å². The molecule has 2 N–H and O–H groups in total. The molecule has 3 aromatic heterocycles. The number of nitrogens with zero attached hydrogens (tertiary/aromatic N) is 4. The Morgan fingerprint density at radius 3 is 2.78 bits per heavy atom. The number of anilines is 2. The number of furan rings is 1. The second-order valence-electron chi connectivity index (χ2n) is 9.19. The van der Waals surface area contributed by atoms with Crippen molar-refractivity contribution in [1.29, 1.82) is 0 Å². The van der Waals surface area contributed by atoms with Crippen molar-refractivity contribution < 1.29 is 4.42 Å². The van der Waals surface area contributed by atoms with Gasteiger partial charge in [-0.05, 0) is 49.2 Å². The van der Waals surface area contributed by atoms with Crippen molar-refractivity contribution in [3.63, 3.8) is 0 Å². The molecule has 0 atom stereocenters. The van der Waals surface area contributed by atoms with E-state index < -0.39 is 0 Å². The molecule has 0 amide bonds. The first kappa shape index (κ1) is 20.5. The first-order valence-electron chi connectivity index (χ1n) is 11.0. The number of fused-ring (bicyclic) bond motifs is 2. The second-order valence-corrected chi connectivity index (χ2v) is 9.19. The van der Waals surface area contributed by atoms with Gasteiger partial charge < -0.3 is 15.1 Å². The second kappa shape index (κ2) is 7.63. The zero-order valence-corrected chi connectivity index (χ0v) is 18.9. The van der Waals surface area contributed by atoms with E-state index in [1.807, 2.05) is 25.1 Å². The minimum absolute atomic E-state index is 0.135. The van der Waals surface area contributed by atoms with Crippen LogP contribution in [-0.2, 0) is 24.9 Å². The van der Waals surface area contributed by atoms with Gasteiger partial charge in [0.05, 0.1) is 0 Å². The molecule has 166 valence electrons. The average Bonchev–Trinajstić information content (AvgIpc) is 3.36. The lowest BCUT2D eigenvalue weighted by molar-refractivity contribution is 0.384. The van der Waals surface area contributed by atoms with Gasteiger partial charge in [-0.1, -0.05) is 26.8 Å². The fourth-order valence-electron chi connectivity index (χ4n) is 4.13. The third-order valence-electron chi connectivity index (χ3n) is 5.86. The Labute approximate surface area is 186 Å². The summed E-state index contributed by atoms with van der Waals surface area (Å²) in [6.07, 6.45) is 2.59. The highest BCUT2D eigenvalue weighted by Gasteiger charge is 2.22. The molecular weight excluding hydrogens is 404 g/mol. The van der Waals surface area contributed by atoms with Gasteiger partial charge in [-0.3, -0.25) is 4.79 Å². The number of nitrogens with one attached hydrogen (secondary N) is 2. The summed E-state index contributed by atoms with van der Waals surface area (Å²) in [6.45, 7) is 10.6. The summed E-state index contributed by atoms with van der Waals surface area (Å²) in [7, 11) is 0. The van der Waals surface area contributed by atoms with Gasteiger partial charge in [-0.2, -0.15) is 9.67 Å². The predicted molar refractivity (Wildman–Crippen MR) is 125 cm³/mol. The highest BCUT2D eigenvalue weighted by atomic mass is 16.4. The highest BCUT2D eigenvalue weighted by molar-refractivity contribution is 5.77. The standard InChI is InChI=1S/C24H28N6O2/c1-5-29-22(31)18-14-26-23(27-17-7-6-16-13-25-11-10-15(16)12-17)28-21(18)30(29)20-9-8-19(32-20)24(2,3)4/h6-9,12,14,25H,5,10-11,13H2,1-4H3,(H,26,27,28). The van der Waals surface area contributed by atoms with Crippen LogP contribution in [0.25, 0.3) is 16.9 Å². The van der Waals surface area contributed by atoms with E-state index in [0.29, 0.717) is 29.4 Å². The minimum atomic E-state index is -0.137. The van der Waals surface area contributed by atoms with Gasteiger partial charge in [0.15, 0.2) is 5.65 Å². The fourth-order valence-corrected chi connectivity index (χ4v) is 4.13. The van der Waals surface area contributed by atoms with Gasteiger partial charge in [0.2, 0.25) is 11.8 Å². The molecule has 4 aromatic rings.